The van der Waals surface area contributed by atoms with Crippen LogP contribution in [0.1, 0.15) is 36.1 Å². The van der Waals surface area contributed by atoms with Gasteiger partial charge in [0.25, 0.3) is 0 Å². The van der Waals surface area contributed by atoms with Gasteiger partial charge < -0.3 is 5.11 Å². The third-order valence-corrected chi connectivity index (χ3v) is 3.01. The molecule has 0 fully saturated rings. The molecule has 0 spiro atoms. The van der Waals surface area contributed by atoms with Gasteiger partial charge in [-0.25, -0.2) is 4.98 Å². The van der Waals surface area contributed by atoms with Gasteiger partial charge in [-0.05, 0) is 6.42 Å². The highest BCUT2D eigenvalue weighted by Crippen LogP contribution is 2.21. The standard InChI is InChI=1S/C9H13NO2S/c1-6(2)9-10-5-7(13-9)3-4-8(11)12/h5-6H,3-4H2,1-2H3,(H,11,12). The van der Waals surface area contributed by atoms with E-state index in [0.717, 1.165) is 9.88 Å². The minimum absolute atomic E-state index is 0.194. The van der Waals surface area contributed by atoms with E-state index in [2.05, 4.69) is 18.8 Å². The van der Waals surface area contributed by atoms with Gasteiger partial charge in [-0.15, -0.1) is 11.3 Å². The Kier molecular flexibility index (Phi) is 3.42. The molecule has 0 aliphatic heterocycles. The number of carboxylic acid groups (broad SMARTS) is 1. The molecular formula is C9H13NO2S. The van der Waals surface area contributed by atoms with Gasteiger partial charge in [0.15, 0.2) is 0 Å². The third kappa shape index (κ3) is 3.14. The summed E-state index contributed by atoms with van der Waals surface area (Å²) >= 11 is 1.61. The molecular weight excluding hydrogens is 186 g/mol. The molecule has 3 nitrogen and oxygen atoms in total. The van der Waals surface area contributed by atoms with Gasteiger partial charge >= 0.3 is 5.97 Å². The van der Waals surface area contributed by atoms with Crippen LogP contribution in [0.2, 0.25) is 0 Å². The summed E-state index contributed by atoms with van der Waals surface area (Å²) in [6.45, 7) is 4.17. The lowest BCUT2D eigenvalue weighted by molar-refractivity contribution is -0.136. The van der Waals surface area contributed by atoms with E-state index in [9.17, 15) is 4.79 Å². The van der Waals surface area contributed by atoms with Gasteiger partial charge in [-0.1, -0.05) is 13.8 Å². The van der Waals surface area contributed by atoms with Crippen LogP contribution in [0, 0.1) is 0 Å². The molecule has 0 radical (unpaired) electrons. The third-order valence-electron chi connectivity index (χ3n) is 1.65. The van der Waals surface area contributed by atoms with Crippen LogP contribution in [0.25, 0.3) is 0 Å². The summed E-state index contributed by atoms with van der Waals surface area (Å²) < 4.78 is 0. The Balaban J connectivity index is 2.54. The van der Waals surface area contributed by atoms with E-state index in [0.29, 0.717) is 12.3 Å². The summed E-state index contributed by atoms with van der Waals surface area (Å²) in [5, 5.41) is 9.56. The van der Waals surface area contributed by atoms with E-state index >= 15 is 0 Å². The number of aryl methyl sites for hydroxylation is 1. The second-order valence-electron chi connectivity index (χ2n) is 3.21. The van der Waals surface area contributed by atoms with E-state index < -0.39 is 5.97 Å². The molecule has 4 heteroatoms. The number of hydrogen-bond donors (Lipinski definition) is 1. The van der Waals surface area contributed by atoms with Crippen molar-refractivity contribution in [2.45, 2.75) is 32.6 Å². The Hall–Kier alpha value is -0.900. The average molecular weight is 199 g/mol. The molecule has 0 saturated carbocycles. The second kappa shape index (κ2) is 4.37. The fraction of sp³-hybridized carbons (Fsp3) is 0.556. The minimum Gasteiger partial charge on any atom is -0.481 e. The molecule has 1 rings (SSSR count). The van der Waals surface area contributed by atoms with Crippen molar-refractivity contribution in [3.8, 4) is 0 Å². The van der Waals surface area contributed by atoms with Crippen molar-refractivity contribution in [3.63, 3.8) is 0 Å². The Bertz CT molecular complexity index is 294. The van der Waals surface area contributed by atoms with E-state index in [1.807, 2.05) is 0 Å². The van der Waals surface area contributed by atoms with Gasteiger partial charge in [0.1, 0.15) is 0 Å². The second-order valence-corrected chi connectivity index (χ2v) is 4.36. The van der Waals surface area contributed by atoms with Crippen molar-refractivity contribution in [1.82, 2.24) is 4.98 Å². The van der Waals surface area contributed by atoms with E-state index in [4.69, 9.17) is 5.11 Å². The SMILES string of the molecule is CC(C)c1ncc(CCC(=O)O)s1. The van der Waals surface area contributed by atoms with Crippen molar-refractivity contribution in [2.75, 3.05) is 0 Å². The number of rotatable bonds is 4. The molecule has 72 valence electrons. The molecule has 0 unspecified atom stereocenters. The van der Waals surface area contributed by atoms with Crippen LogP contribution in [0.4, 0.5) is 0 Å². The van der Waals surface area contributed by atoms with Crippen LogP contribution in [0.15, 0.2) is 6.20 Å². The molecule has 13 heavy (non-hydrogen) atoms. The summed E-state index contributed by atoms with van der Waals surface area (Å²) in [5.74, 6) is -0.317. The van der Waals surface area contributed by atoms with Crippen LogP contribution >= 0.6 is 11.3 Å². The first kappa shape index (κ1) is 10.2. The lowest BCUT2D eigenvalue weighted by Crippen LogP contribution is -1.95. The van der Waals surface area contributed by atoms with Gasteiger partial charge in [0, 0.05) is 17.0 Å². The molecule has 1 N–H and O–H groups in total. The van der Waals surface area contributed by atoms with Crippen LogP contribution in [0.3, 0.4) is 0 Å². The zero-order valence-corrected chi connectivity index (χ0v) is 8.60. The summed E-state index contributed by atoms with van der Waals surface area (Å²) in [6.07, 6.45) is 2.57. The summed E-state index contributed by atoms with van der Waals surface area (Å²) in [7, 11) is 0. The average Bonchev–Trinajstić information content (AvgIpc) is 2.48. The molecule has 0 atom stereocenters. The van der Waals surface area contributed by atoms with Crippen LogP contribution in [0.5, 0.6) is 0 Å². The monoisotopic (exact) mass is 199 g/mol. The Morgan fingerprint density at radius 3 is 2.85 bits per heavy atom. The number of carbonyl (C=O) groups is 1. The van der Waals surface area contributed by atoms with Crippen molar-refractivity contribution in [1.29, 1.82) is 0 Å². The Morgan fingerprint density at radius 2 is 2.38 bits per heavy atom. The Morgan fingerprint density at radius 1 is 1.69 bits per heavy atom. The lowest BCUT2D eigenvalue weighted by atomic mass is 10.2. The smallest absolute Gasteiger partial charge is 0.303 e. The van der Waals surface area contributed by atoms with Crippen molar-refractivity contribution < 1.29 is 9.90 Å². The first-order valence-corrected chi connectivity index (χ1v) is 5.07. The molecule has 0 aliphatic rings. The number of thiazole rings is 1. The van der Waals surface area contributed by atoms with Gasteiger partial charge in [-0.3, -0.25) is 4.79 Å². The Labute approximate surface area is 81.4 Å². The number of carboxylic acids is 1. The molecule has 1 aromatic heterocycles. The maximum atomic E-state index is 10.3. The first-order valence-electron chi connectivity index (χ1n) is 4.26. The van der Waals surface area contributed by atoms with Gasteiger partial charge in [0.2, 0.25) is 0 Å². The van der Waals surface area contributed by atoms with E-state index in [-0.39, 0.29) is 6.42 Å². The minimum atomic E-state index is -0.750. The molecule has 0 aromatic carbocycles. The number of aliphatic carboxylic acids is 1. The normalized spacial score (nSPS) is 10.7. The maximum Gasteiger partial charge on any atom is 0.303 e. The maximum absolute atomic E-state index is 10.3. The summed E-state index contributed by atoms with van der Waals surface area (Å²) in [5.41, 5.74) is 0. The fourth-order valence-electron chi connectivity index (χ4n) is 0.935. The van der Waals surface area contributed by atoms with Crippen LogP contribution < -0.4 is 0 Å². The number of nitrogens with zero attached hydrogens (tertiary/aromatic N) is 1. The molecule has 0 bridgehead atoms. The molecule has 0 aliphatic carbocycles. The topological polar surface area (TPSA) is 50.2 Å². The highest BCUT2D eigenvalue weighted by Gasteiger charge is 2.06. The summed E-state index contributed by atoms with van der Waals surface area (Å²) in [6, 6.07) is 0. The van der Waals surface area contributed by atoms with Gasteiger partial charge in [0.05, 0.1) is 11.4 Å². The zero-order chi connectivity index (χ0) is 9.84. The summed E-state index contributed by atoms with van der Waals surface area (Å²) in [4.78, 5) is 15.6. The fourth-order valence-corrected chi connectivity index (χ4v) is 1.85. The van der Waals surface area contributed by atoms with Gasteiger partial charge in [-0.2, -0.15) is 0 Å². The largest absolute Gasteiger partial charge is 0.481 e. The van der Waals surface area contributed by atoms with Crippen molar-refractivity contribution >= 4 is 17.3 Å². The predicted molar refractivity (Wildman–Crippen MR) is 52.2 cm³/mol. The molecule has 0 saturated heterocycles. The predicted octanol–water partition coefficient (Wildman–Crippen LogP) is 2.28. The van der Waals surface area contributed by atoms with E-state index in [1.165, 1.54) is 0 Å². The lowest BCUT2D eigenvalue weighted by Gasteiger charge is -1.95. The van der Waals surface area contributed by atoms with Crippen LogP contribution in [-0.4, -0.2) is 16.1 Å². The molecule has 1 heterocycles. The highest BCUT2D eigenvalue weighted by molar-refractivity contribution is 7.11. The first-order chi connectivity index (χ1) is 6.09. The van der Waals surface area contributed by atoms with E-state index in [1.54, 1.807) is 17.5 Å². The molecule has 1 aromatic rings. The van der Waals surface area contributed by atoms with Crippen molar-refractivity contribution in [3.05, 3.63) is 16.1 Å². The number of aromatic nitrogens is 1. The number of hydrogen-bond acceptors (Lipinski definition) is 3. The van der Waals surface area contributed by atoms with Crippen molar-refractivity contribution in [2.24, 2.45) is 0 Å². The zero-order valence-electron chi connectivity index (χ0n) is 7.78. The molecule has 0 amide bonds. The highest BCUT2D eigenvalue weighted by atomic mass is 32.1. The van der Waals surface area contributed by atoms with Crippen LogP contribution in [-0.2, 0) is 11.2 Å². The quantitative estimate of drug-likeness (QED) is 0.809.